The Morgan fingerprint density at radius 3 is 2.75 bits per heavy atom. The fourth-order valence-corrected chi connectivity index (χ4v) is 3.46. The molecular formula is C21H27FN6. The second-order valence-corrected chi connectivity index (χ2v) is 7.37. The first-order valence-corrected chi connectivity index (χ1v) is 9.71. The van der Waals surface area contributed by atoms with Crippen LogP contribution in [0.25, 0.3) is 11.3 Å². The van der Waals surface area contributed by atoms with Crippen LogP contribution in [0.3, 0.4) is 0 Å². The largest absolute Gasteiger partial charge is 0.390 e. The van der Waals surface area contributed by atoms with Gasteiger partial charge in [0.05, 0.1) is 24.4 Å². The Balaban J connectivity index is 1.82. The van der Waals surface area contributed by atoms with Crippen molar-refractivity contribution in [2.24, 2.45) is 21.6 Å². The number of nitrogens with zero attached hydrogens (tertiary/aromatic N) is 4. The number of halogens is 1. The SMILES string of the molecule is CC(CCc1c(C2CCC2)ccc(-c2cnc(N)cn2)c1F)CN=CN=CN. The highest BCUT2D eigenvalue weighted by atomic mass is 19.1. The maximum absolute atomic E-state index is 15.5. The van der Waals surface area contributed by atoms with Crippen LogP contribution in [0, 0.1) is 11.7 Å². The molecule has 1 fully saturated rings. The molecule has 1 aromatic heterocycles. The summed E-state index contributed by atoms with van der Waals surface area (Å²) in [7, 11) is 0. The summed E-state index contributed by atoms with van der Waals surface area (Å²) in [5, 5.41) is 0. The number of hydrogen-bond donors (Lipinski definition) is 2. The van der Waals surface area contributed by atoms with Gasteiger partial charge >= 0.3 is 0 Å². The predicted molar refractivity (Wildman–Crippen MR) is 112 cm³/mol. The van der Waals surface area contributed by atoms with Crippen molar-refractivity contribution in [3.8, 4) is 11.3 Å². The molecule has 2 aromatic rings. The average Bonchev–Trinajstić information content (AvgIpc) is 2.64. The van der Waals surface area contributed by atoms with E-state index in [-0.39, 0.29) is 5.82 Å². The maximum Gasteiger partial charge on any atom is 0.141 e. The Bertz CT molecular complexity index is 843. The monoisotopic (exact) mass is 382 g/mol. The maximum atomic E-state index is 15.5. The lowest BCUT2D eigenvalue weighted by Crippen LogP contribution is -2.14. The second kappa shape index (κ2) is 9.39. The van der Waals surface area contributed by atoms with Gasteiger partial charge < -0.3 is 11.5 Å². The van der Waals surface area contributed by atoms with Crippen molar-refractivity contribution >= 4 is 18.5 Å². The summed E-state index contributed by atoms with van der Waals surface area (Å²) in [6, 6.07) is 3.89. The highest BCUT2D eigenvalue weighted by Crippen LogP contribution is 2.40. The number of nitrogen functional groups attached to an aromatic ring is 1. The van der Waals surface area contributed by atoms with Gasteiger partial charge in [-0.05, 0) is 54.7 Å². The highest BCUT2D eigenvalue weighted by molar-refractivity contribution is 5.69. The van der Waals surface area contributed by atoms with Gasteiger partial charge in [-0.3, -0.25) is 9.98 Å². The molecule has 7 heteroatoms. The van der Waals surface area contributed by atoms with Crippen molar-refractivity contribution in [2.45, 2.75) is 44.9 Å². The van der Waals surface area contributed by atoms with Crippen LogP contribution < -0.4 is 11.5 Å². The molecule has 0 saturated heterocycles. The number of aliphatic imine (C=N–C) groups is 2. The van der Waals surface area contributed by atoms with Gasteiger partial charge in [-0.1, -0.05) is 19.4 Å². The van der Waals surface area contributed by atoms with Crippen LogP contribution in [0.4, 0.5) is 10.2 Å². The number of nitrogens with two attached hydrogens (primary N) is 2. The predicted octanol–water partition coefficient (Wildman–Crippen LogP) is 3.72. The molecule has 28 heavy (non-hydrogen) atoms. The van der Waals surface area contributed by atoms with Crippen molar-refractivity contribution < 1.29 is 4.39 Å². The molecular weight excluding hydrogens is 355 g/mol. The van der Waals surface area contributed by atoms with Crippen molar-refractivity contribution in [2.75, 3.05) is 12.3 Å². The van der Waals surface area contributed by atoms with E-state index in [2.05, 4.69) is 32.9 Å². The Kier molecular flexibility index (Phi) is 6.68. The molecule has 3 rings (SSSR count). The molecule has 0 spiro atoms. The van der Waals surface area contributed by atoms with Crippen LogP contribution in [0.2, 0.25) is 0 Å². The van der Waals surface area contributed by atoms with Crippen molar-refractivity contribution in [1.29, 1.82) is 0 Å². The second-order valence-electron chi connectivity index (χ2n) is 7.37. The third kappa shape index (κ3) is 4.71. The summed E-state index contributed by atoms with van der Waals surface area (Å²) in [5.41, 5.74) is 13.7. The van der Waals surface area contributed by atoms with Crippen LogP contribution >= 0.6 is 0 Å². The van der Waals surface area contributed by atoms with E-state index >= 15 is 4.39 Å². The lowest BCUT2D eigenvalue weighted by Gasteiger charge is -2.29. The molecule has 1 aliphatic carbocycles. The molecule has 0 aliphatic heterocycles. The van der Waals surface area contributed by atoms with E-state index < -0.39 is 0 Å². The Morgan fingerprint density at radius 1 is 1.29 bits per heavy atom. The van der Waals surface area contributed by atoms with E-state index in [0.29, 0.717) is 41.9 Å². The third-order valence-corrected chi connectivity index (χ3v) is 5.31. The van der Waals surface area contributed by atoms with Crippen LogP contribution in [0.1, 0.15) is 49.7 Å². The molecule has 1 aliphatic rings. The minimum absolute atomic E-state index is 0.188. The molecule has 0 radical (unpaired) electrons. The molecule has 0 bridgehead atoms. The zero-order valence-electron chi connectivity index (χ0n) is 16.2. The van der Waals surface area contributed by atoms with Crippen molar-refractivity contribution in [3.05, 3.63) is 41.5 Å². The molecule has 1 heterocycles. The van der Waals surface area contributed by atoms with Gasteiger partial charge in [-0.25, -0.2) is 14.4 Å². The van der Waals surface area contributed by atoms with E-state index in [1.807, 2.05) is 6.07 Å². The Labute approximate surface area is 165 Å². The Morgan fingerprint density at radius 2 is 2.11 bits per heavy atom. The smallest absolute Gasteiger partial charge is 0.141 e. The van der Waals surface area contributed by atoms with Crippen LogP contribution in [-0.4, -0.2) is 29.2 Å². The number of benzene rings is 1. The zero-order chi connectivity index (χ0) is 19.9. The molecule has 4 N–H and O–H groups in total. The lowest BCUT2D eigenvalue weighted by molar-refractivity contribution is 0.412. The van der Waals surface area contributed by atoms with Gasteiger partial charge in [0, 0.05) is 12.1 Å². The summed E-state index contributed by atoms with van der Waals surface area (Å²) in [6.07, 6.45) is 10.6. The average molecular weight is 382 g/mol. The van der Waals surface area contributed by atoms with E-state index in [0.717, 1.165) is 30.4 Å². The molecule has 6 nitrogen and oxygen atoms in total. The van der Waals surface area contributed by atoms with Crippen LogP contribution in [-0.2, 0) is 6.42 Å². The first-order valence-electron chi connectivity index (χ1n) is 9.71. The summed E-state index contributed by atoms with van der Waals surface area (Å²) in [5.74, 6) is 0.914. The first kappa shape index (κ1) is 19.9. The minimum atomic E-state index is -0.188. The fraction of sp³-hybridized carbons (Fsp3) is 0.429. The molecule has 0 amide bonds. The van der Waals surface area contributed by atoms with E-state index in [9.17, 15) is 0 Å². The number of anilines is 1. The Hall–Kier alpha value is -2.83. The van der Waals surface area contributed by atoms with Crippen LogP contribution in [0.5, 0.6) is 0 Å². The summed E-state index contributed by atoms with van der Waals surface area (Å²) < 4.78 is 15.5. The molecule has 1 unspecified atom stereocenters. The minimum Gasteiger partial charge on any atom is -0.390 e. The van der Waals surface area contributed by atoms with Gasteiger partial charge in [0.25, 0.3) is 0 Å². The van der Waals surface area contributed by atoms with E-state index in [1.54, 1.807) is 0 Å². The molecule has 148 valence electrons. The van der Waals surface area contributed by atoms with Crippen molar-refractivity contribution in [1.82, 2.24) is 9.97 Å². The summed E-state index contributed by atoms with van der Waals surface area (Å²) in [6.45, 7) is 2.75. The summed E-state index contributed by atoms with van der Waals surface area (Å²) in [4.78, 5) is 16.3. The quantitative estimate of drug-likeness (QED) is 0.536. The number of aromatic nitrogens is 2. The standard InChI is InChI=1S/C21H27FN6/c1-14(9-25-13-26-12-23)5-6-17-16(15-3-2-4-15)7-8-18(21(17)22)19-10-28-20(24)11-27-19/h7-8,10-15H,2-6,9H2,1H3,(H2,24,28)(H2,23,25,26). The van der Waals surface area contributed by atoms with Gasteiger partial charge in [0.1, 0.15) is 18.0 Å². The zero-order valence-corrected chi connectivity index (χ0v) is 16.2. The van der Waals surface area contributed by atoms with Gasteiger partial charge in [-0.2, -0.15) is 0 Å². The van der Waals surface area contributed by atoms with Gasteiger partial charge in [-0.15, -0.1) is 0 Å². The number of hydrogen-bond acceptors (Lipinski definition) is 4. The van der Waals surface area contributed by atoms with E-state index in [1.165, 1.54) is 31.5 Å². The fourth-order valence-electron chi connectivity index (χ4n) is 3.46. The highest BCUT2D eigenvalue weighted by Gasteiger charge is 2.25. The first-order chi connectivity index (χ1) is 13.6. The molecule has 1 aromatic carbocycles. The normalized spacial score (nSPS) is 15.9. The van der Waals surface area contributed by atoms with Crippen molar-refractivity contribution in [3.63, 3.8) is 0 Å². The van der Waals surface area contributed by atoms with E-state index in [4.69, 9.17) is 11.5 Å². The number of rotatable bonds is 8. The van der Waals surface area contributed by atoms with Gasteiger partial charge in [0.2, 0.25) is 0 Å². The van der Waals surface area contributed by atoms with Crippen LogP contribution in [0.15, 0.2) is 34.5 Å². The molecule has 1 saturated carbocycles. The molecule has 1 atom stereocenters. The summed E-state index contributed by atoms with van der Waals surface area (Å²) >= 11 is 0. The third-order valence-electron chi connectivity index (χ3n) is 5.31. The van der Waals surface area contributed by atoms with Gasteiger partial charge in [0.15, 0.2) is 0 Å². The lowest BCUT2D eigenvalue weighted by atomic mass is 9.76. The topological polar surface area (TPSA) is 103 Å².